The molecule has 0 bridgehead atoms. The Kier molecular flexibility index (Phi) is 6.11. The molecule has 0 saturated heterocycles. The molecule has 0 heterocycles. The number of rotatable bonds is 6. The third kappa shape index (κ3) is 5.15. The highest BCUT2D eigenvalue weighted by Crippen LogP contribution is 2.15. The van der Waals surface area contributed by atoms with Crippen LogP contribution in [0.4, 0.5) is 0 Å². The van der Waals surface area contributed by atoms with Crippen LogP contribution in [-0.2, 0) is 11.3 Å². The van der Waals surface area contributed by atoms with Crippen LogP contribution in [0.25, 0.3) is 0 Å². The fourth-order valence-electron chi connectivity index (χ4n) is 1.75. The predicted molar refractivity (Wildman–Crippen MR) is 78.7 cm³/mol. The smallest absolute Gasteiger partial charge is 0.236 e. The molecule has 0 aliphatic heterocycles. The fourth-order valence-corrected chi connectivity index (χ4v) is 1.75. The number of hydrogen-bond acceptors (Lipinski definition) is 2. The van der Waals surface area contributed by atoms with Crippen LogP contribution in [0.3, 0.4) is 0 Å². The minimum absolute atomic E-state index is 0.0446. The third-order valence-electron chi connectivity index (χ3n) is 3.00. The minimum Gasteiger partial charge on any atom is -0.340 e. The van der Waals surface area contributed by atoms with Gasteiger partial charge in [0.15, 0.2) is 0 Å². The van der Waals surface area contributed by atoms with Crippen molar-refractivity contribution in [2.24, 2.45) is 0 Å². The molecule has 0 saturated carbocycles. The van der Waals surface area contributed by atoms with Crippen LogP contribution in [0.15, 0.2) is 24.3 Å². The Morgan fingerprint density at radius 2 is 2.00 bits per heavy atom. The maximum atomic E-state index is 11.8. The largest absolute Gasteiger partial charge is 0.340 e. The molecular weight excluding hydrogens is 236 g/mol. The second kappa shape index (κ2) is 7.60. The molecule has 1 amide bonds. The van der Waals surface area contributed by atoms with E-state index in [9.17, 15) is 4.79 Å². The molecule has 0 spiro atoms. The molecule has 1 aromatic rings. The van der Waals surface area contributed by atoms with Gasteiger partial charge in [-0.2, -0.15) is 0 Å². The Balaban J connectivity index is 2.49. The van der Waals surface area contributed by atoms with Crippen LogP contribution in [0, 0.1) is 12.3 Å². The molecule has 3 heteroatoms. The zero-order valence-electron chi connectivity index (χ0n) is 11.9. The second-order valence-corrected chi connectivity index (χ2v) is 4.95. The van der Waals surface area contributed by atoms with Crippen molar-refractivity contribution >= 4 is 5.91 Å². The van der Waals surface area contributed by atoms with E-state index in [1.54, 1.807) is 11.9 Å². The van der Waals surface area contributed by atoms with Crippen molar-refractivity contribution < 1.29 is 4.79 Å². The summed E-state index contributed by atoms with van der Waals surface area (Å²) in [5.41, 5.74) is 2.45. The molecule has 0 fully saturated rings. The number of likely N-dealkylation sites (N-methyl/N-ethyl adjacent to an activating group) is 1. The summed E-state index contributed by atoms with van der Waals surface area (Å²) in [7, 11) is 1.80. The van der Waals surface area contributed by atoms with Crippen molar-refractivity contribution in [3.63, 3.8) is 0 Å². The molecule has 0 radical (unpaired) electrons. The van der Waals surface area contributed by atoms with Crippen LogP contribution in [0.5, 0.6) is 0 Å². The first-order valence-electron chi connectivity index (χ1n) is 6.51. The van der Waals surface area contributed by atoms with Crippen molar-refractivity contribution in [3.8, 4) is 12.3 Å². The van der Waals surface area contributed by atoms with Gasteiger partial charge in [0.05, 0.1) is 13.1 Å². The summed E-state index contributed by atoms with van der Waals surface area (Å²) in [5, 5.41) is 2.90. The van der Waals surface area contributed by atoms with E-state index in [1.807, 2.05) is 0 Å². The fraction of sp³-hybridized carbons (Fsp3) is 0.438. The lowest BCUT2D eigenvalue weighted by Gasteiger charge is -2.17. The molecule has 3 nitrogen and oxygen atoms in total. The van der Waals surface area contributed by atoms with Crippen molar-refractivity contribution in [2.45, 2.75) is 26.3 Å². The lowest BCUT2D eigenvalue weighted by molar-refractivity contribution is -0.129. The van der Waals surface area contributed by atoms with E-state index in [1.165, 1.54) is 5.56 Å². The standard InChI is InChI=1S/C16H22N2O/c1-5-10-17-11-16(19)18(4)12-14-6-8-15(9-7-14)13(2)3/h1,6-9,13,17H,10-12H2,2-4H3. The molecule has 1 N–H and O–H groups in total. The summed E-state index contributed by atoms with van der Waals surface area (Å²) in [6.45, 7) is 5.66. The summed E-state index contributed by atoms with van der Waals surface area (Å²) in [5.74, 6) is 3.02. The van der Waals surface area contributed by atoms with Crippen LogP contribution in [0.2, 0.25) is 0 Å². The Labute approximate surface area is 116 Å². The van der Waals surface area contributed by atoms with Gasteiger partial charge < -0.3 is 4.90 Å². The molecule has 1 rings (SSSR count). The average Bonchev–Trinajstić information content (AvgIpc) is 2.39. The maximum Gasteiger partial charge on any atom is 0.236 e. The van der Waals surface area contributed by atoms with Crippen LogP contribution in [0.1, 0.15) is 30.9 Å². The zero-order chi connectivity index (χ0) is 14.3. The number of carbonyl (C=O) groups is 1. The predicted octanol–water partition coefficient (Wildman–Crippen LogP) is 1.99. The molecule has 0 aromatic heterocycles. The van der Waals surface area contributed by atoms with E-state index in [0.717, 1.165) is 5.56 Å². The molecule has 1 aromatic carbocycles. The molecule has 0 aliphatic carbocycles. The van der Waals surface area contributed by atoms with E-state index >= 15 is 0 Å². The van der Waals surface area contributed by atoms with E-state index < -0.39 is 0 Å². The van der Waals surface area contributed by atoms with Gasteiger partial charge in [0, 0.05) is 13.6 Å². The van der Waals surface area contributed by atoms with Crippen molar-refractivity contribution in [1.29, 1.82) is 0 Å². The summed E-state index contributed by atoms with van der Waals surface area (Å²) in [6.07, 6.45) is 5.12. The van der Waals surface area contributed by atoms with Gasteiger partial charge in [-0.25, -0.2) is 0 Å². The number of amides is 1. The molecule has 0 unspecified atom stereocenters. The van der Waals surface area contributed by atoms with Crippen molar-refractivity contribution in [1.82, 2.24) is 10.2 Å². The first kappa shape index (κ1) is 15.3. The van der Waals surface area contributed by atoms with Gasteiger partial charge in [0.1, 0.15) is 0 Å². The maximum absolute atomic E-state index is 11.8. The quantitative estimate of drug-likeness (QED) is 0.625. The van der Waals surface area contributed by atoms with Gasteiger partial charge in [0.2, 0.25) is 5.91 Å². The zero-order valence-corrected chi connectivity index (χ0v) is 11.9. The average molecular weight is 258 g/mol. The van der Waals surface area contributed by atoms with E-state index in [0.29, 0.717) is 19.0 Å². The van der Waals surface area contributed by atoms with Gasteiger partial charge in [-0.05, 0) is 17.0 Å². The lowest BCUT2D eigenvalue weighted by Crippen LogP contribution is -2.35. The monoisotopic (exact) mass is 258 g/mol. The summed E-state index contributed by atoms with van der Waals surface area (Å²) in [4.78, 5) is 13.5. The number of benzene rings is 1. The Hall–Kier alpha value is -1.79. The highest BCUT2D eigenvalue weighted by atomic mass is 16.2. The minimum atomic E-state index is 0.0446. The molecule has 19 heavy (non-hydrogen) atoms. The van der Waals surface area contributed by atoms with E-state index in [4.69, 9.17) is 6.42 Å². The number of carbonyl (C=O) groups excluding carboxylic acids is 1. The summed E-state index contributed by atoms with van der Waals surface area (Å²) in [6, 6.07) is 8.39. The van der Waals surface area contributed by atoms with Crippen molar-refractivity contribution in [3.05, 3.63) is 35.4 Å². The molecule has 0 aliphatic rings. The van der Waals surface area contributed by atoms with E-state index in [2.05, 4.69) is 49.4 Å². The van der Waals surface area contributed by atoms with Gasteiger partial charge in [0.25, 0.3) is 0 Å². The highest BCUT2D eigenvalue weighted by molar-refractivity contribution is 5.78. The SMILES string of the molecule is C#CCNCC(=O)N(C)Cc1ccc(C(C)C)cc1. The Morgan fingerprint density at radius 1 is 1.37 bits per heavy atom. The molecule has 102 valence electrons. The van der Waals surface area contributed by atoms with Gasteiger partial charge in [-0.15, -0.1) is 6.42 Å². The van der Waals surface area contributed by atoms with Crippen LogP contribution >= 0.6 is 0 Å². The summed E-state index contributed by atoms with van der Waals surface area (Å²) < 4.78 is 0. The van der Waals surface area contributed by atoms with Crippen LogP contribution < -0.4 is 5.32 Å². The first-order chi connectivity index (χ1) is 9.04. The Bertz CT molecular complexity index is 443. The molecular formula is C16H22N2O. The number of nitrogens with one attached hydrogen (secondary N) is 1. The van der Waals surface area contributed by atoms with Gasteiger partial charge in [-0.1, -0.05) is 44.0 Å². The summed E-state index contributed by atoms with van der Waals surface area (Å²) >= 11 is 0. The second-order valence-electron chi connectivity index (χ2n) is 4.95. The van der Waals surface area contributed by atoms with Gasteiger partial charge >= 0.3 is 0 Å². The number of hydrogen-bond donors (Lipinski definition) is 1. The van der Waals surface area contributed by atoms with E-state index in [-0.39, 0.29) is 12.5 Å². The number of terminal acetylenes is 1. The van der Waals surface area contributed by atoms with Crippen LogP contribution in [-0.4, -0.2) is 30.9 Å². The lowest BCUT2D eigenvalue weighted by atomic mass is 10.0. The van der Waals surface area contributed by atoms with Crippen molar-refractivity contribution in [2.75, 3.05) is 20.1 Å². The Morgan fingerprint density at radius 3 is 2.53 bits per heavy atom. The topological polar surface area (TPSA) is 32.3 Å². The molecule has 0 atom stereocenters. The first-order valence-corrected chi connectivity index (χ1v) is 6.51. The highest BCUT2D eigenvalue weighted by Gasteiger charge is 2.08. The normalized spacial score (nSPS) is 10.3. The third-order valence-corrected chi connectivity index (χ3v) is 3.00. The van der Waals surface area contributed by atoms with Gasteiger partial charge in [-0.3, -0.25) is 10.1 Å². The number of nitrogens with zero attached hydrogens (tertiary/aromatic N) is 1.